The van der Waals surface area contributed by atoms with Gasteiger partial charge in [-0.05, 0) is 112 Å². The SMILES string of the molecule is CC.CC.CC.CC.CC.CC.CC.CC(C)C.CC(C)C.CC(C)C.CC(C)C.CC(C)C.CC(C)c1ccccc1.O=C1Cc2ccccc2N1.c1ccc2[nH]cnc2c1.c1ccc2c(c1)CCCO2.c1ccc2ccccc2c1.c1ccncc1. The van der Waals surface area contributed by atoms with E-state index in [1.54, 1.807) is 18.7 Å². The number of amides is 1. The van der Waals surface area contributed by atoms with Crippen LogP contribution in [0.3, 0.4) is 0 Å². The van der Waals surface area contributed by atoms with E-state index in [0.717, 1.165) is 70.7 Å². The number of anilines is 1. The number of carbonyl (C=O) groups excluding carboxylic acids is 1. The molecule has 0 unspecified atom stereocenters. The topological polar surface area (TPSA) is 79.9 Å². The lowest BCUT2D eigenvalue weighted by Gasteiger charge is -2.15. The van der Waals surface area contributed by atoms with Crippen molar-refractivity contribution in [3.05, 3.63) is 205 Å². The number of aromatic amines is 1. The molecule has 0 aliphatic carbocycles. The van der Waals surface area contributed by atoms with E-state index < -0.39 is 0 Å². The van der Waals surface area contributed by atoms with E-state index in [9.17, 15) is 4.79 Å². The lowest BCUT2D eigenvalue weighted by Crippen LogP contribution is -2.07. The van der Waals surface area contributed by atoms with Gasteiger partial charge in [-0.2, -0.15) is 0 Å². The number of pyridine rings is 1. The summed E-state index contributed by atoms with van der Waals surface area (Å²) in [5.41, 5.74) is 6.96. The maximum absolute atomic E-state index is 10.8. The minimum absolute atomic E-state index is 0.0983. The minimum atomic E-state index is 0.0983. The van der Waals surface area contributed by atoms with Crippen molar-refractivity contribution in [3.8, 4) is 5.75 Å². The van der Waals surface area contributed by atoms with E-state index >= 15 is 0 Å². The zero-order valence-corrected chi connectivity index (χ0v) is 62.9. The number of hydrogen-bond acceptors (Lipinski definition) is 4. The Kier molecular flexibility index (Phi) is 85.0. The number of nitrogens with one attached hydrogen (secondary N) is 2. The highest BCUT2D eigenvalue weighted by atomic mass is 16.5. The van der Waals surface area contributed by atoms with Gasteiger partial charge in [0.05, 0.1) is 30.4 Å². The van der Waals surface area contributed by atoms with Crippen molar-refractivity contribution in [2.24, 2.45) is 29.6 Å². The van der Waals surface area contributed by atoms with Crippen LogP contribution in [0.25, 0.3) is 21.8 Å². The molecule has 500 valence electrons. The van der Waals surface area contributed by atoms with Gasteiger partial charge in [-0.3, -0.25) is 9.78 Å². The number of aryl methyl sites for hydroxylation is 1. The molecule has 0 spiro atoms. The van der Waals surface area contributed by atoms with Crippen molar-refractivity contribution in [1.29, 1.82) is 0 Å². The van der Waals surface area contributed by atoms with Gasteiger partial charge >= 0.3 is 0 Å². The smallest absolute Gasteiger partial charge is 0.228 e. The second-order valence-electron chi connectivity index (χ2n) is 21.5. The van der Waals surface area contributed by atoms with Gasteiger partial charge in [-0.1, -0.05) is 348 Å². The molecule has 6 heteroatoms. The molecule has 6 nitrogen and oxygen atoms in total. The summed E-state index contributed by atoms with van der Waals surface area (Å²) in [7, 11) is 0. The molecule has 88 heavy (non-hydrogen) atoms. The Balaban J connectivity index is -0.000000133. The Bertz CT molecular complexity index is 2290. The largest absolute Gasteiger partial charge is 0.493 e. The first kappa shape index (κ1) is 97.7. The fraction of sp³-hybridized carbons (Fsp3) is 0.500. The zero-order chi connectivity index (χ0) is 69.5. The number of benzene rings is 6. The van der Waals surface area contributed by atoms with Crippen LogP contribution < -0.4 is 10.1 Å². The third kappa shape index (κ3) is 70.2. The van der Waals surface area contributed by atoms with Crippen molar-refractivity contribution in [2.75, 3.05) is 11.9 Å². The second kappa shape index (κ2) is 76.6. The second-order valence-corrected chi connectivity index (χ2v) is 21.5. The molecular weight excluding hydrogens is 1070 g/mol. The molecule has 0 fully saturated rings. The van der Waals surface area contributed by atoms with E-state index in [4.69, 9.17) is 4.74 Å². The molecule has 2 aliphatic rings. The first-order chi connectivity index (χ1) is 42.2. The summed E-state index contributed by atoms with van der Waals surface area (Å²) in [6, 6.07) is 56.9. The van der Waals surface area contributed by atoms with Crippen LogP contribution in [-0.4, -0.2) is 27.5 Å². The monoisotopic (exact) mass is 1210 g/mol. The van der Waals surface area contributed by atoms with Crippen LogP contribution in [0.1, 0.15) is 244 Å². The van der Waals surface area contributed by atoms with Gasteiger partial charge in [0.1, 0.15) is 5.75 Å². The lowest BCUT2D eigenvalue weighted by molar-refractivity contribution is -0.115. The first-order valence-corrected chi connectivity index (χ1v) is 34.0. The van der Waals surface area contributed by atoms with Crippen molar-refractivity contribution in [1.82, 2.24) is 15.0 Å². The number of nitrogens with zero attached hydrogens (tertiary/aromatic N) is 2. The lowest BCUT2D eigenvalue weighted by atomic mass is 10.0. The molecular formula is C82H140N4O2. The summed E-state index contributed by atoms with van der Waals surface area (Å²) >= 11 is 0. The molecule has 6 aromatic carbocycles. The third-order valence-corrected chi connectivity index (χ3v) is 8.48. The zero-order valence-electron chi connectivity index (χ0n) is 62.9. The van der Waals surface area contributed by atoms with Gasteiger partial charge in [0, 0.05) is 18.1 Å². The predicted octanol–water partition coefficient (Wildman–Crippen LogP) is 27.0. The van der Waals surface area contributed by atoms with Crippen molar-refractivity contribution in [3.63, 3.8) is 0 Å². The molecule has 10 rings (SSSR count). The van der Waals surface area contributed by atoms with Crippen LogP contribution in [0.5, 0.6) is 5.75 Å². The Morgan fingerprint density at radius 2 is 0.750 bits per heavy atom. The Hall–Kier alpha value is -6.53. The molecule has 2 aliphatic heterocycles. The average Bonchev–Trinajstić information content (AvgIpc) is 4.36. The number of para-hydroxylation sites is 4. The number of carbonyl (C=O) groups is 1. The minimum Gasteiger partial charge on any atom is -0.493 e. The van der Waals surface area contributed by atoms with E-state index in [2.05, 4.69) is 223 Å². The van der Waals surface area contributed by atoms with Crippen molar-refractivity contribution >= 4 is 33.4 Å². The maximum atomic E-state index is 10.8. The fourth-order valence-electron chi connectivity index (χ4n) is 5.62. The summed E-state index contributed by atoms with van der Waals surface area (Å²) in [5.74, 6) is 6.00. The van der Waals surface area contributed by atoms with Crippen LogP contribution in [-0.2, 0) is 17.6 Å². The molecule has 0 saturated carbocycles. The van der Waals surface area contributed by atoms with Gasteiger partial charge in [-0.25, -0.2) is 4.98 Å². The molecule has 0 bridgehead atoms. The number of ether oxygens (including phenoxy) is 1. The van der Waals surface area contributed by atoms with Crippen LogP contribution in [0, 0.1) is 29.6 Å². The number of fused-ring (bicyclic) bond motifs is 4. The van der Waals surface area contributed by atoms with Gasteiger partial charge in [-0.15, -0.1) is 0 Å². The normalized spacial score (nSPS) is 9.72. The Morgan fingerprint density at radius 1 is 0.398 bits per heavy atom. The summed E-state index contributed by atoms with van der Waals surface area (Å²) in [6.07, 6.45) is 8.08. The number of imidazole rings is 1. The van der Waals surface area contributed by atoms with Gasteiger partial charge < -0.3 is 15.0 Å². The molecule has 0 atom stereocenters. The molecule has 0 radical (unpaired) electrons. The number of hydrogen-bond donors (Lipinski definition) is 2. The van der Waals surface area contributed by atoms with Crippen molar-refractivity contribution in [2.45, 2.75) is 240 Å². The Labute approximate surface area is 547 Å². The summed E-state index contributed by atoms with van der Waals surface area (Å²) in [5, 5.41) is 5.38. The van der Waals surface area contributed by atoms with Gasteiger partial charge in [0.15, 0.2) is 0 Å². The van der Waals surface area contributed by atoms with Crippen LogP contribution in [0.15, 0.2) is 189 Å². The molecule has 8 aromatic rings. The highest BCUT2D eigenvalue weighted by Crippen LogP contribution is 2.23. The van der Waals surface area contributed by atoms with Crippen molar-refractivity contribution < 1.29 is 9.53 Å². The molecule has 2 N–H and O–H groups in total. The summed E-state index contributed by atoms with van der Waals surface area (Å²) in [4.78, 5) is 21.6. The highest BCUT2D eigenvalue weighted by molar-refractivity contribution is 5.99. The number of aromatic nitrogens is 3. The first-order valence-electron chi connectivity index (χ1n) is 34.0. The van der Waals surface area contributed by atoms with Crippen LogP contribution in [0.2, 0.25) is 0 Å². The number of rotatable bonds is 1. The molecule has 0 saturated heterocycles. The summed E-state index contributed by atoms with van der Waals surface area (Å²) < 4.78 is 5.42. The van der Waals surface area contributed by atoms with Crippen LogP contribution in [0.4, 0.5) is 5.69 Å². The highest BCUT2D eigenvalue weighted by Gasteiger charge is 2.15. The van der Waals surface area contributed by atoms with E-state index in [1.807, 2.05) is 182 Å². The number of H-pyrrole nitrogens is 1. The molecule has 4 heterocycles. The summed E-state index contributed by atoms with van der Waals surface area (Å²) in [6.45, 7) is 65.8. The Morgan fingerprint density at radius 3 is 1.10 bits per heavy atom. The predicted molar refractivity (Wildman–Crippen MR) is 406 cm³/mol. The van der Waals surface area contributed by atoms with E-state index in [1.165, 1.54) is 28.3 Å². The molecule has 2 aromatic heterocycles. The van der Waals surface area contributed by atoms with Crippen LogP contribution >= 0.6 is 0 Å². The van der Waals surface area contributed by atoms with Gasteiger partial charge in [0.2, 0.25) is 5.91 Å². The van der Waals surface area contributed by atoms with E-state index in [0.29, 0.717) is 12.3 Å². The average molecular weight is 1210 g/mol. The maximum Gasteiger partial charge on any atom is 0.228 e. The fourth-order valence-corrected chi connectivity index (χ4v) is 5.62. The van der Waals surface area contributed by atoms with E-state index in [-0.39, 0.29) is 5.91 Å². The van der Waals surface area contributed by atoms with Gasteiger partial charge in [0.25, 0.3) is 0 Å². The third-order valence-electron chi connectivity index (χ3n) is 8.48. The quantitative estimate of drug-likeness (QED) is 0.172. The molecule has 1 amide bonds. The standard InChI is InChI=1S/C10H8.C9H10O.C9H12.C8H7NO.C7H6N2.C5H5N.5C4H10.7C2H6/c1-2-6-10-8-4-3-7-9(10)5-1;1-2-6-9-8(4-1)5-3-7-10-9;1-8(2)9-6-4-3-5-7-9;10-8-5-6-3-1-2-4-7(6)9-8;1-2-4-7-6(3-1)8-5-9-7;1-2-4-6-5-3-1;5*1-4(2)3;7*1-2/h1-8H;1-2,4,6H,3,5,7H2;3-8H,1-2H3;1-4H,5H2,(H,9,10);1-5H,(H,8,9);1-5H;5*4H,1-3H3;7*1-2H3.